The lowest BCUT2D eigenvalue weighted by Crippen LogP contribution is -2.09. The van der Waals surface area contributed by atoms with E-state index in [9.17, 15) is 4.79 Å². The van der Waals surface area contributed by atoms with E-state index in [0.29, 0.717) is 18.8 Å². The highest BCUT2D eigenvalue weighted by Gasteiger charge is 2.15. The lowest BCUT2D eigenvalue weighted by Gasteiger charge is -1.99. The molecule has 0 bridgehead atoms. The van der Waals surface area contributed by atoms with Gasteiger partial charge in [0, 0.05) is 26.0 Å². The Morgan fingerprint density at radius 2 is 2.26 bits per heavy atom. The van der Waals surface area contributed by atoms with Crippen LogP contribution in [-0.4, -0.2) is 32.1 Å². The maximum absolute atomic E-state index is 11.6. The molecule has 7 heteroatoms. The number of rotatable bonds is 5. The monoisotopic (exact) mass is 263 g/mol. The van der Waals surface area contributed by atoms with Gasteiger partial charge in [0.05, 0.1) is 18.5 Å². The van der Waals surface area contributed by atoms with E-state index in [1.165, 1.54) is 0 Å². The lowest BCUT2D eigenvalue weighted by molar-refractivity contribution is 0.0519. The Morgan fingerprint density at radius 1 is 1.47 bits per heavy atom. The fraction of sp³-hybridized carbons (Fsp3) is 0.417. The van der Waals surface area contributed by atoms with Gasteiger partial charge >= 0.3 is 5.97 Å². The number of aromatic nitrogens is 4. The highest BCUT2D eigenvalue weighted by Crippen LogP contribution is 2.11. The van der Waals surface area contributed by atoms with Gasteiger partial charge in [-0.2, -0.15) is 10.2 Å². The van der Waals surface area contributed by atoms with Crippen LogP contribution >= 0.6 is 0 Å². The predicted molar refractivity (Wildman–Crippen MR) is 69.5 cm³/mol. The minimum absolute atomic E-state index is 0.174. The van der Waals surface area contributed by atoms with Crippen molar-refractivity contribution in [3.8, 4) is 0 Å². The Morgan fingerprint density at radius 3 is 2.89 bits per heavy atom. The zero-order chi connectivity index (χ0) is 13.8. The first-order valence-corrected chi connectivity index (χ1v) is 6.07. The van der Waals surface area contributed by atoms with Gasteiger partial charge in [0.1, 0.15) is 0 Å². The Hall–Kier alpha value is -2.31. The molecule has 7 nitrogen and oxygen atoms in total. The number of hydrogen-bond donors (Lipinski definition) is 1. The van der Waals surface area contributed by atoms with E-state index in [2.05, 4.69) is 10.2 Å². The van der Waals surface area contributed by atoms with Gasteiger partial charge in [-0.3, -0.25) is 9.36 Å². The van der Waals surface area contributed by atoms with Gasteiger partial charge in [0.15, 0.2) is 5.69 Å². The molecular formula is C12H17N5O2. The first kappa shape index (κ1) is 13.1. The van der Waals surface area contributed by atoms with E-state index in [4.69, 9.17) is 10.5 Å². The molecular weight excluding hydrogens is 246 g/mol. The van der Waals surface area contributed by atoms with Crippen LogP contribution in [0.3, 0.4) is 0 Å². The number of nitrogens with two attached hydrogens (primary N) is 1. The summed E-state index contributed by atoms with van der Waals surface area (Å²) in [5.41, 5.74) is 7.36. The summed E-state index contributed by atoms with van der Waals surface area (Å²) in [6.45, 7) is 2.68. The van der Waals surface area contributed by atoms with Crippen LogP contribution in [-0.2, 0) is 24.8 Å². The summed E-state index contributed by atoms with van der Waals surface area (Å²) in [4.78, 5) is 11.6. The molecule has 102 valence electrons. The third-order valence-electron chi connectivity index (χ3n) is 2.65. The maximum Gasteiger partial charge on any atom is 0.361 e. The zero-order valence-electron chi connectivity index (χ0n) is 11.0. The van der Waals surface area contributed by atoms with E-state index < -0.39 is 5.97 Å². The largest absolute Gasteiger partial charge is 0.461 e. The van der Waals surface area contributed by atoms with Crippen molar-refractivity contribution in [1.29, 1.82) is 0 Å². The Labute approximate surface area is 111 Å². The predicted octanol–water partition coefficient (Wildman–Crippen LogP) is 0.618. The maximum atomic E-state index is 11.6. The van der Waals surface area contributed by atoms with E-state index in [1.54, 1.807) is 28.7 Å². The van der Waals surface area contributed by atoms with Crippen LogP contribution in [0.25, 0.3) is 0 Å². The Balaban J connectivity index is 2.01. The summed E-state index contributed by atoms with van der Waals surface area (Å²) in [6.07, 6.45) is 6.16. The fourth-order valence-corrected chi connectivity index (χ4v) is 1.75. The summed E-state index contributed by atoms with van der Waals surface area (Å²) in [6, 6.07) is 0. The average molecular weight is 263 g/mol. The van der Waals surface area contributed by atoms with E-state index in [0.717, 1.165) is 12.0 Å². The molecule has 0 radical (unpaired) electrons. The average Bonchev–Trinajstić information content (AvgIpc) is 2.93. The van der Waals surface area contributed by atoms with Gasteiger partial charge in [-0.1, -0.05) is 0 Å². The highest BCUT2D eigenvalue weighted by atomic mass is 16.5. The Kier molecular flexibility index (Phi) is 3.84. The van der Waals surface area contributed by atoms with Crippen LogP contribution in [0, 0.1) is 0 Å². The summed E-state index contributed by atoms with van der Waals surface area (Å²) in [7, 11) is 1.87. The van der Waals surface area contributed by atoms with E-state index >= 15 is 0 Å². The van der Waals surface area contributed by atoms with Crippen molar-refractivity contribution >= 4 is 11.7 Å². The molecule has 2 aromatic heterocycles. The second-order valence-electron chi connectivity index (χ2n) is 4.19. The molecule has 0 aromatic carbocycles. The van der Waals surface area contributed by atoms with Gasteiger partial charge in [-0.15, -0.1) is 0 Å². The highest BCUT2D eigenvalue weighted by molar-refractivity contribution is 5.92. The summed E-state index contributed by atoms with van der Waals surface area (Å²) >= 11 is 0. The van der Waals surface area contributed by atoms with Crippen molar-refractivity contribution in [3.63, 3.8) is 0 Å². The molecule has 0 aliphatic rings. The van der Waals surface area contributed by atoms with Crippen LogP contribution in [0.2, 0.25) is 0 Å². The number of anilines is 1. The van der Waals surface area contributed by atoms with Gasteiger partial charge in [0.2, 0.25) is 0 Å². The van der Waals surface area contributed by atoms with Crippen molar-refractivity contribution in [2.75, 3.05) is 12.3 Å². The molecule has 0 amide bonds. The molecule has 2 N–H and O–H groups in total. The molecule has 0 atom stereocenters. The smallest absolute Gasteiger partial charge is 0.361 e. The van der Waals surface area contributed by atoms with Crippen LogP contribution < -0.4 is 5.73 Å². The van der Waals surface area contributed by atoms with Crippen LogP contribution in [0.15, 0.2) is 18.6 Å². The first-order chi connectivity index (χ1) is 9.10. The summed E-state index contributed by atoms with van der Waals surface area (Å²) < 4.78 is 8.27. The third-order valence-corrected chi connectivity index (χ3v) is 2.65. The van der Waals surface area contributed by atoms with Crippen molar-refractivity contribution in [2.24, 2.45) is 7.05 Å². The summed E-state index contributed by atoms with van der Waals surface area (Å²) in [5.74, 6) is -0.486. The number of aryl methyl sites for hydroxylation is 3. The van der Waals surface area contributed by atoms with Crippen molar-refractivity contribution in [3.05, 3.63) is 29.8 Å². The molecule has 0 fully saturated rings. The number of carbonyl (C=O) groups is 1. The van der Waals surface area contributed by atoms with Crippen molar-refractivity contribution in [1.82, 2.24) is 19.6 Å². The molecule has 2 rings (SSSR count). The number of nitrogen functional groups attached to an aromatic ring is 1. The summed E-state index contributed by atoms with van der Waals surface area (Å²) in [5, 5.41) is 8.23. The molecule has 0 aliphatic carbocycles. The lowest BCUT2D eigenvalue weighted by atomic mass is 10.2. The molecule has 0 unspecified atom stereocenters. The molecule has 0 spiro atoms. The third kappa shape index (κ3) is 3.12. The molecule has 19 heavy (non-hydrogen) atoms. The molecule has 2 heterocycles. The first-order valence-electron chi connectivity index (χ1n) is 6.07. The number of hydrogen-bond acceptors (Lipinski definition) is 5. The minimum atomic E-state index is -0.486. The van der Waals surface area contributed by atoms with Crippen LogP contribution in [0.4, 0.5) is 5.69 Å². The molecule has 0 saturated carbocycles. The van der Waals surface area contributed by atoms with Crippen molar-refractivity contribution < 1.29 is 9.53 Å². The van der Waals surface area contributed by atoms with Gasteiger partial charge < -0.3 is 10.5 Å². The second kappa shape index (κ2) is 5.55. The molecule has 0 aliphatic heterocycles. The minimum Gasteiger partial charge on any atom is -0.461 e. The number of nitrogens with zero attached hydrogens (tertiary/aromatic N) is 4. The zero-order valence-corrected chi connectivity index (χ0v) is 11.0. The van der Waals surface area contributed by atoms with Gasteiger partial charge in [-0.05, 0) is 18.9 Å². The second-order valence-corrected chi connectivity index (χ2v) is 4.19. The van der Waals surface area contributed by atoms with E-state index in [1.807, 2.05) is 13.2 Å². The van der Waals surface area contributed by atoms with E-state index in [-0.39, 0.29) is 5.69 Å². The number of ether oxygens (including phenoxy) is 1. The topological polar surface area (TPSA) is 88.0 Å². The number of esters is 1. The van der Waals surface area contributed by atoms with Crippen molar-refractivity contribution in [2.45, 2.75) is 19.9 Å². The standard InChI is InChI=1S/C12H17N5O2/c1-3-19-12(18)11-10(13)8-17(15-11)5-4-9-6-14-16(2)7-9/h6-8H,3-5,13H2,1-2H3. The Bertz CT molecular complexity index is 572. The number of carbonyl (C=O) groups excluding carboxylic acids is 1. The quantitative estimate of drug-likeness (QED) is 0.799. The fourth-order valence-electron chi connectivity index (χ4n) is 1.75. The van der Waals surface area contributed by atoms with Gasteiger partial charge in [0.25, 0.3) is 0 Å². The van der Waals surface area contributed by atoms with Gasteiger partial charge in [-0.25, -0.2) is 4.79 Å². The SMILES string of the molecule is CCOC(=O)c1nn(CCc2cnn(C)c2)cc1N. The van der Waals surface area contributed by atoms with Crippen LogP contribution in [0.5, 0.6) is 0 Å². The molecule has 0 saturated heterocycles. The molecule has 2 aromatic rings. The van der Waals surface area contributed by atoms with Crippen LogP contribution in [0.1, 0.15) is 23.0 Å². The normalized spacial score (nSPS) is 10.6.